The summed E-state index contributed by atoms with van der Waals surface area (Å²) in [6.07, 6.45) is 1.39. The molecule has 1 N–H and O–H groups in total. The fourth-order valence-electron chi connectivity index (χ4n) is 1.45. The van der Waals surface area contributed by atoms with Gasteiger partial charge >= 0.3 is 5.97 Å². The molecule has 0 amide bonds. The number of hydrogen-bond donors (Lipinski definition) is 1. The van der Waals surface area contributed by atoms with Gasteiger partial charge in [0.2, 0.25) is 0 Å². The van der Waals surface area contributed by atoms with Crippen LogP contribution in [-0.2, 0) is 4.74 Å². The van der Waals surface area contributed by atoms with Crippen LogP contribution < -0.4 is 0 Å². The lowest BCUT2D eigenvalue weighted by Crippen LogP contribution is -2.04. The van der Waals surface area contributed by atoms with Gasteiger partial charge in [-0.2, -0.15) is 0 Å². The maximum atomic E-state index is 11.6. The lowest BCUT2D eigenvalue weighted by atomic mass is 10.2. The predicted molar refractivity (Wildman–Crippen MR) is 68.9 cm³/mol. The molecule has 0 fully saturated rings. The van der Waals surface area contributed by atoms with Crippen molar-refractivity contribution < 1.29 is 14.6 Å². The number of esters is 1. The van der Waals surface area contributed by atoms with Crippen molar-refractivity contribution in [3.63, 3.8) is 0 Å². The van der Waals surface area contributed by atoms with Crippen molar-refractivity contribution in [1.82, 2.24) is 0 Å². The molecule has 3 heteroatoms. The molecule has 0 aliphatic rings. The first-order valence-corrected chi connectivity index (χ1v) is 5.48. The number of aliphatic hydroxyl groups is 1. The van der Waals surface area contributed by atoms with Gasteiger partial charge in [0.1, 0.15) is 0 Å². The van der Waals surface area contributed by atoms with E-state index in [2.05, 4.69) is 0 Å². The summed E-state index contributed by atoms with van der Waals surface area (Å²) in [4.78, 5) is 11.6. The van der Waals surface area contributed by atoms with Crippen LogP contribution in [0.25, 0.3) is 6.08 Å². The smallest absolute Gasteiger partial charge is 0.345 e. The van der Waals surface area contributed by atoms with E-state index in [0.29, 0.717) is 5.56 Å². The largest absolute Gasteiger partial charge is 0.481 e. The lowest BCUT2D eigenvalue weighted by molar-refractivity contribution is 0.0458. The van der Waals surface area contributed by atoms with Crippen molar-refractivity contribution in [1.29, 1.82) is 0 Å². The molecule has 2 aromatic carbocycles. The summed E-state index contributed by atoms with van der Waals surface area (Å²) in [5.74, 6) is -1.00. The number of carbonyl (C=O) groups is 1. The van der Waals surface area contributed by atoms with Crippen molar-refractivity contribution in [3.05, 3.63) is 77.7 Å². The van der Waals surface area contributed by atoms with Crippen LogP contribution in [0.15, 0.2) is 66.6 Å². The first kappa shape index (κ1) is 11.9. The number of carbonyl (C=O) groups excluding carboxylic acids is 1. The molecule has 0 bridgehead atoms. The number of hydrogen-bond acceptors (Lipinski definition) is 3. The molecule has 90 valence electrons. The summed E-state index contributed by atoms with van der Waals surface area (Å²) in [5, 5.41) is 9.55. The minimum atomic E-state index is -0.583. The van der Waals surface area contributed by atoms with E-state index in [9.17, 15) is 9.90 Å². The van der Waals surface area contributed by atoms with E-state index in [1.165, 1.54) is 6.08 Å². The zero-order valence-electron chi connectivity index (χ0n) is 9.61. The van der Waals surface area contributed by atoms with Crippen molar-refractivity contribution >= 4 is 12.0 Å². The van der Waals surface area contributed by atoms with E-state index in [4.69, 9.17) is 4.74 Å². The maximum absolute atomic E-state index is 11.6. The number of benzene rings is 2. The Morgan fingerprint density at radius 3 is 2.11 bits per heavy atom. The molecule has 0 aromatic heterocycles. The highest BCUT2D eigenvalue weighted by Crippen LogP contribution is 2.08. The van der Waals surface area contributed by atoms with Crippen molar-refractivity contribution in [3.8, 4) is 0 Å². The van der Waals surface area contributed by atoms with E-state index >= 15 is 0 Å². The van der Waals surface area contributed by atoms with E-state index in [1.807, 2.05) is 18.2 Å². The predicted octanol–water partition coefficient (Wildman–Crippen LogP) is 3.40. The minimum Gasteiger partial charge on any atom is -0.481 e. The van der Waals surface area contributed by atoms with Crippen LogP contribution in [0.1, 0.15) is 15.9 Å². The van der Waals surface area contributed by atoms with E-state index in [-0.39, 0.29) is 0 Å². The van der Waals surface area contributed by atoms with Gasteiger partial charge < -0.3 is 9.84 Å². The summed E-state index contributed by atoms with van der Waals surface area (Å²) in [5.41, 5.74) is 1.15. The monoisotopic (exact) mass is 240 g/mol. The van der Waals surface area contributed by atoms with Crippen LogP contribution in [0.5, 0.6) is 0 Å². The Labute approximate surface area is 105 Å². The summed E-state index contributed by atoms with van der Waals surface area (Å²) < 4.78 is 4.82. The van der Waals surface area contributed by atoms with Gasteiger partial charge in [0.25, 0.3) is 5.95 Å². The Hall–Kier alpha value is -2.55. The van der Waals surface area contributed by atoms with Gasteiger partial charge in [0, 0.05) is 6.08 Å². The highest BCUT2D eigenvalue weighted by atomic mass is 16.6. The number of aliphatic hydroxyl groups excluding tert-OH is 1. The second-order valence-electron chi connectivity index (χ2n) is 3.65. The first-order valence-electron chi connectivity index (χ1n) is 5.48. The third-order valence-electron chi connectivity index (χ3n) is 2.30. The molecule has 0 unspecified atom stereocenters. The van der Waals surface area contributed by atoms with Gasteiger partial charge in [-0.3, -0.25) is 0 Å². The third-order valence-corrected chi connectivity index (χ3v) is 2.30. The Bertz CT molecular complexity index is 544. The van der Waals surface area contributed by atoms with E-state index in [1.54, 1.807) is 42.5 Å². The summed E-state index contributed by atoms with van der Waals surface area (Å²) in [7, 11) is 0. The molecule has 3 nitrogen and oxygen atoms in total. The molecule has 0 atom stereocenters. The molecule has 0 spiro atoms. The fourth-order valence-corrected chi connectivity index (χ4v) is 1.45. The average molecular weight is 240 g/mol. The van der Waals surface area contributed by atoms with Crippen LogP contribution >= 0.6 is 0 Å². The topological polar surface area (TPSA) is 46.5 Å². The second kappa shape index (κ2) is 5.68. The van der Waals surface area contributed by atoms with Crippen molar-refractivity contribution in [2.75, 3.05) is 0 Å². The van der Waals surface area contributed by atoms with Gasteiger partial charge in [-0.05, 0) is 17.7 Å². The number of rotatable bonds is 3. The molecular formula is C15H12O3. The van der Waals surface area contributed by atoms with Crippen LogP contribution in [0, 0.1) is 0 Å². The van der Waals surface area contributed by atoms with Crippen LogP contribution in [0.2, 0.25) is 0 Å². The van der Waals surface area contributed by atoms with Crippen LogP contribution in [0.4, 0.5) is 0 Å². The molecule has 0 saturated heterocycles. The van der Waals surface area contributed by atoms with Crippen LogP contribution in [-0.4, -0.2) is 11.1 Å². The summed E-state index contributed by atoms with van der Waals surface area (Å²) in [6.45, 7) is 0. The van der Waals surface area contributed by atoms with Crippen molar-refractivity contribution in [2.24, 2.45) is 0 Å². The van der Waals surface area contributed by atoms with Crippen LogP contribution in [0.3, 0.4) is 0 Å². The zero-order valence-corrected chi connectivity index (χ0v) is 9.61. The highest BCUT2D eigenvalue weighted by Gasteiger charge is 2.08. The average Bonchev–Trinajstić information content (AvgIpc) is 2.40. The quantitative estimate of drug-likeness (QED) is 0.660. The third kappa shape index (κ3) is 3.22. The molecule has 0 radical (unpaired) electrons. The van der Waals surface area contributed by atoms with Gasteiger partial charge in [-0.1, -0.05) is 48.5 Å². The van der Waals surface area contributed by atoms with Gasteiger partial charge in [-0.15, -0.1) is 0 Å². The molecule has 0 heterocycles. The Morgan fingerprint density at radius 2 is 1.50 bits per heavy atom. The van der Waals surface area contributed by atoms with Gasteiger partial charge in [0.15, 0.2) is 0 Å². The zero-order chi connectivity index (χ0) is 12.8. The Kier molecular flexibility index (Phi) is 3.76. The fraction of sp³-hybridized carbons (Fsp3) is 0. The highest BCUT2D eigenvalue weighted by molar-refractivity contribution is 5.90. The van der Waals surface area contributed by atoms with Gasteiger partial charge in [-0.25, -0.2) is 4.79 Å². The molecule has 2 aromatic rings. The maximum Gasteiger partial charge on any atom is 0.345 e. The molecule has 0 saturated carbocycles. The molecular weight excluding hydrogens is 228 g/mol. The first-order chi connectivity index (χ1) is 8.75. The standard InChI is InChI=1S/C15H12O3/c16-14(11-12-7-3-1-4-8-12)18-15(17)13-9-5-2-6-10-13/h1-11,16H/b14-11+. The SMILES string of the molecule is O=C(O/C(O)=C/c1ccccc1)c1ccccc1. The molecule has 0 aliphatic carbocycles. The van der Waals surface area contributed by atoms with E-state index < -0.39 is 11.9 Å². The Balaban J connectivity index is 2.06. The van der Waals surface area contributed by atoms with Gasteiger partial charge in [0.05, 0.1) is 5.56 Å². The van der Waals surface area contributed by atoms with Crippen molar-refractivity contribution in [2.45, 2.75) is 0 Å². The number of ether oxygens (including phenoxy) is 1. The summed E-state index contributed by atoms with van der Waals surface area (Å²) >= 11 is 0. The Morgan fingerprint density at radius 1 is 0.944 bits per heavy atom. The molecule has 2 rings (SSSR count). The second-order valence-corrected chi connectivity index (χ2v) is 3.65. The lowest BCUT2D eigenvalue weighted by Gasteiger charge is -2.02. The molecule has 0 aliphatic heterocycles. The molecule has 18 heavy (non-hydrogen) atoms. The normalized spacial score (nSPS) is 11.0. The van der Waals surface area contributed by atoms with E-state index in [0.717, 1.165) is 5.56 Å². The summed E-state index contributed by atoms with van der Waals surface area (Å²) in [6, 6.07) is 17.6. The minimum absolute atomic E-state index is 0.394.